The van der Waals surface area contributed by atoms with E-state index in [1.54, 1.807) is 16.7 Å². The molecule has 2 heterocycles. The standard InChI is InChI=1S/C21H23N3O2S2/c1-11-5-6-12(2)15(9-11)27-10-16-22-19(25)17-13(3)18(28-20(17)23-16)21(26)24(4)14-7-8-14/h5-6,9,14H,7-8,10H2,1-4H3,(H,22,23,25). The van der Waals surface area contributed by atoms with Crippen molar-refractivity contribution in [2.45, 2.75) is 50.3 Å². The van der Waals surface area contributed by atoms with Gasteiger partial charge < -0.3 is 9.88 Å². The Balaban J connectivity index is 1.63. The number of aryl methyl sites for hydroxylation is 3. The van der Waals surface area contributed by atoms with Crippen molar-refractivity contribution in [3.8, 4) is 0 Å². The van der Waals surface area contributed by atoms with Crippen LogP contribution < -0.4 is 5.56 Å². The van der Waals surface area contributed by atoms with Crippen LogP contribution in [0.15, 0.2) is 27.9 Å². The zero-order valence-corrected chi connectivity index (χ0v) is 18.1. The number of carbonyl (C=O) groups excluding carboxylic acids is 1. The Morgan fingerprint density at radius 2 is 2.07 bits per heavy atom. The van der Waals surface area contributed by atoms with Gasteiger partial charge in [-0.15, -0.1) is 23.1 Å². The van der Waals surface area contributed by atoms with E-state index < -0.39 is 0 Å². The smallest absolute Gasteiger partial charge is 0.264 e. The number of carbonyl (C=O) groups is 1. The molecular weight excluding hydrogens is 390 g/mol. The van der Waals surface area contributed by atoms with Gasteiger partial charge in [0.2, 0.25) is 0 Å². The zero-order chi connectivity index (χ0) is 20.0. The number of thiophene rings is 1. The van der Waals surface area contributed by atoms with Gasteiger partial charge >= 0.3 is 0 Å². The van der Waals surface area contributed by atoms with E-state index in [1.807, 2.05) is 14.0 Å². The van der Waals surface area contributed by atoms with Crippen LogP contribution in [-0.2, 0) is 5.75 Å². The first-order valence-corrected chi connectivity index (χ1v) is 11.1. The molecule has 0 spiro atoms. The van der Waals surface area contributed by atoms with Crippen LogP contribution in [0.5, 0.6) is 0 Å². The van der Waals surface area contributed by atoms with Crippen molar-refractivity contribution in [3.05, 3.63) is 55.9 Å². The van der Waals surface area contributed by atoms with Crippen LogP contribution in [0.3, 0.4) is 0 Å². The molecule has 28 heavy (non-hydrogen) atoms. The number of hydrogen-bond donors (Lipinski definition) is 1. The first-order chi connectivity index (χ1) is 13.3. The maximum atomic E-state index is 12.8. The summed E-state index contributed by atoms with van der Waals surface area (Å²) < 4.78 is 0. The van der Waals surface area contributed by atoms with Gasteiger partial charge in [-0.2, -0.15) is 0 Å². The highest BCUT2D eigenvalue weighted by molar-refractivity contribution is 7.98. The number of amides is 1. The summed E-state index contributed by atoms with van der Waals surface area (Å²) in [4.78, 5) is 37.3. The van der Waals surface area contributed by atoms with Crippen molar-refractivity contribution in [2.24, 2.45) is 0 Å². The molecule has 1 aliphatic carbocycles. The second-order valence-corrected chi connectivity index (χ2v) is 9.47. The van der Waals surface area contributed by atoms with Crippen LogP contribution in [-0.4, -0.2) is 33.9 Å². The highest BCUT2D eigenvalue weighted by Gasteiger charge is 2.32. The predicted octanol–water partition coefficient (Wildman–Crippen LogP) is 4.44. The Hall–Kier alpha value is -2.12. The molecule has 1 N–H and O–H groups in total. The molecule has 0 saturated heterocycles. The first-order valence-electron chi connectivity index (χ1n) is 9.34. The van der Waals surface area contributed by atoms with Crippen LogP contribution in [0.1, 0.15) is 45.0 Å². The highest BCUT2D eigenvalue weighted by atomic mass is 32.2. The number of aromatic amines is 1. The van der Waals surface area contributed by atoms with Crippen LogP contribution in [0.4, 0.5) is 0 Å². The number of nitrogens with one attached hydrogen (secondary N) is 1. The van der Waals surface area contributed by atoms with Crippen LogP contribution in [0.2, 0.25) is 0 Å². The minimum absolute atomic E-state index is 0.00582. The summed E-state index contributed by atoms with van der Waals surface area (Å²) in [7, 11) is 1.84. The number of H-pyrrole nitrogens is 1. The SMILES string of the molecule is Cc1ccc(C)c(SCc2nc3sc(C(=O)N(C)C4CC4)c(C)c3c(=O)[nH]2)c1. The fourth-order valence-corrected chi connectivity index (χ4v) is 5.43. The Bertz CT molecular complexity index is 1130. The van der Waals surface area contributed by atoms with Gasteiger partial charge in [-0.05, 0) is 50.8 Å². The maximum absolute atomic E-state index is 12.8. The molecule has 2 aromatic heterocycles. The number of thioether (sulfide) groups is 1. The third-order valence-corrected chi connectivity index (χ3v) is 7.51. The van der Waals surface area contributed by atoms with E-state index in [9.17, 15) is 9.59 Å². The van der Waals surface area contributed by atoms with Crippen molar-refractivity contribution in [1.82, 2.24) is 14.9 Å². The van der Waals surface area contributed by atoms with Gasteiger partial charge in [0.15, 0.2) is 0 Å². The number of aromatic nitrogens is 2. The molecule has 1 aliphatic rings. The first kappa shape index (κ1) is 19.2. The number of rotatable bonds is 5. The molecule has 0 aliphatic heterocycles. The van der Waals surface area contributed by atoms with E-state index in [-0.39, 0.29) is 11.5 Å². The lowest BCUT2D eigenvalue weighted by Gasteiger charge is -2.15. The average Bonchev–Trinajstić information content (AvgIpc) is 3.45. The number of nitrogens with zero attached hydrogens (tertiary/aromatic N) is 2. The Morgan fingerprint density at radius 3 is 2.79 bits per heavy atom. The van der Waals surface area contributed by atoms with Gasteiger partial charge in [0.05, 0.1) is 16.0 Å². The summed E-state index contributed by atoms with van der Waals surface area (Å²) in [6.45, 7) is 5.99. The van der Waals surface area contributed by atoms with Gasteiger partial charge in [-0.3, -0.25) is 9.59 Å². The van der Waals surface area contributed by atoms with Crippen molar-refractivity contribution in [2.75, 3.05) is 7.05 Å². The summed E-state index contributed by atoms with van der Waals surface area (Å²) in [6.07, 6.45) is 2.12. The second kappa shape index (κ2) is 7.37. The summed E-state index contributed by atoms with van der Waals surface area (Å²) in [5, 5.41) is 0.540. The molecule has 0 unspecified atom stereocenters. The third kappa shape index (κ3) is 3.61. The Labute approximate surface area is 172 Å². The van der Waals surface area contributed by atoms with E-state index in [0.29, 0.717) is 32.7 Å². The number of benzene rings is 1. The molecule has 0 atom stereocenters. The molecule has 1 aromatic carbocycles. The highest BCUT2D eigenvalue weighted by Crippen LogP contribution is 2.33. The molecule has 1 fully saturated rings. The molecule has 7 heteroatoms. The zero-order valence-electron chi connectivity index (χ0n) is 16.5. The van der Waals surface area contributed by atoms with Crippen LogP contribution in [0.25, 0.3) is 10.2 Å². The lowest BCUT2D eigenvalue weighted by molar-refractivity contribution is 0.0789. The van der Waals surface area contributed by atoms with E-state index in [0.717, 1.165) is 18.4 Å². The number of fused-ring (bicyclic) bond motifs is 1. The van der Waals surface area contributed by atoms with Gasteiger partial charge in [-0.25, -0.2) is 4.98 Å². The molecule has 146 valence electrons. The fourth-order valence-electron chi connectivity index (χ4n) is 3.26. The van der Waals surface area contributed by atoms with Gasteiger partial charge in [-0.1, -0.05) is 17.7 Å². The molecule has 1 saturated carbocycles. The molecular formula is C21H23N3O2S2. The normalized spacial score (nSPS) is 13.9. The van der Waals surface area contributed by atoms with Gasteiger partial charge in [0.25, 0.3) is 11.5 Å². The summed E-state index contributed by atoms with van der Waals surface area (Å²) in [5.41, 5.74) is 2.99. The van der Waals surface area contributed by atoms with E-state index in [1.165, 1.54) is 27.4 Å². The maximum Gasteiger partial charge on any atom is 0.264 e. The van der Waals surface area contributed by atoms with Gasteiger partial charge in [0, 0.05) is 18.0 Å². The lowest BCUT2D eigenvalue weighted by atomic mass is 10.2. The van der Waals surface area contributed by atoms with Crippen molar-refractivity contribution >= 4 is 39.2 Å². The Morgan fingerprint density at radius 1 is 1.32 bits per heavy atom. The molecule has 4 rings (SSSR count). The minimum atomic E-state index is -0.163. The van der Waals surface area contributed by atoms with E-state index in [4.69, 9.17) is 0 Å². The number of hydrogen-bond acceptors (Lipinski definition) is 5. The van der Waals surface area contributed by atoms with E-state index in [2.05, 4.69) is 42.0 Å². The molecule has 1 amide bonds. The molecule has 0 bridgehead atoms. The average molecular weight is 414 g/mol. The molecule has 3 aromatic rings. The predicted molar refractivity (Wildman–Crippen MR) is 116 cm³/mol. The quantitative estimate of drug-likeness (QED) is 0.628. The van der Waals surface area contributed by atoms with Crippen LogP contribution in [0, 0.1) is 20.8 Å². The summed E-state index contributed by atoms with van der Waals surface area (Å²) in [6, 6.07) is 6.69. The summed E-state index contributed by atoms with van der Waals surface area (Å²) >= 11 is 2.99. The monoisotopic (exact) mass is 413 g/mol. The minimum Gasteiger partial charge on any atom is -0.338 e. The molecule has 5 nitrogen and oxygen atoms in total. The van der Waals surface area contributed by atoms with Crippen molar-refractivity contribution in [3.63, 3.8) is 0 Å². The second-order valence-electron chi connectivity index (χ2n) is 7.45. The topological polar surface area (TPSA) is 66.1 Å². The lowest BCUT2D eigenvalue weighted by Crippen LogP contribution is -2.28. The van der Waals surface area contributed by atoms with Crippen molar-refractivity contribution < 1.29 is 4.79 Å². The van der Waals surface area contributed by atoms with Crippen molar-refractivity contribution in [1.29, 1.82) is 0 Å². The van der Waals surface area contributed by atoms with Crippen LogP contribution >= 0.6 is 23.1 Å². The summed E-state index contributed by atoms with van der Waals surface area (Å²) in [5.74, 6) is 1.21. The molecule has 0 radical (unpaired) electrons. The van der Waals surface area contributed by atoms with Gasteiger partial charge in [0.1, 0.15) is 10.7 Å². The largest absolute Gasteiger partial charge is 0.338 e. The Kier molecular flexibility index (Phi) is 5.05. The third-order valence-electron chi connectivity index (χ3n) is 5.17. The van der Waals surface area contributed by atoms with E-state index >= 15 is 0 Å². The fraction of sp³-hybridized carbons (Fsp3) is 0.381.